The molecule has 24 valence electrons. The molecule has 0 heterocycles. The molecule has 0 spiro atoms. The normalized spacial score (nSPS) is 0. The van der Waals surface area contributed by atoms with Gasteiger partial charge in [0.2, 0.25) is 0 Å². The minimum Gasteiger partial charge on any atom is -0.269 e. The summed E-state index contributed by atoms with van der Waals surface area (Å²) < 4.78 is 0. The van der Waals surface area contributed by atoms with Crippen molar-refractivity contribution in [3.63, 3.8) is 0 Å². The van der Waals surface area contributed by atoms with Gasteiger partial charge in [0.25, 0.3) is 0 Å². The predicted octanol–water partition coefficient (Wildman–Crippen LogP) is 0.300. The Morgan fingerprint density at radius 3 is 0.750 bits per heavy atom. The minimum absolute atomic E-state index is 0. The molecule has 0 saturated heterocycles. The first kappa shape index (κ1) is 51.0. The summed E-state index contributed by atoms with van der Waals surface area (Å²) in [6.45, 7) is 0. The van der Waals surface area contributed by atoms with Gasteiger partial charge >= 0.3 is 0 Å². The van der Waals surface area contributed by atoms with Gasteiger partial charge in [-0.1, -0.05) is 0 Å². The van der Waals surface area contributed by atoms with E-state index in [1.54, 1.807) is 0 Å². The second kappa shape index (κ2) is 25.1. The van der Waals surface area contributed by atoms with Crippen LogP contribution in [0.4, 0.5) is 9.41 Å². The molecular weight excluding hydrogens is 177 g/mol. The molecule has 0 aliphatic carbocycles. The summed E-state index contributed by atoms with van der Waals surface area (Å²) in [5, 5.41) is 0. The monoisotopic (exact) mass is 178 g/mol. The zero-order valence-electron chi connectivity index (χ0n) is 1.82. The summed E-state index contributed by atoms with van der Waals surface area (Å²) >= 11 is 0. The fourth-order valence-electron chi connectivity index (χ4n) is 0. The SMILES string of the molecule is F.F.[Ti].[Zr]. The Bertz CT molecular complexity index is 6.00. The van der Waals surface area contributed by atoms with Gasteiger partial charge in [-0.2, -0.15) is 0 Å². The van der Waals surface area contributed by atoms with Gasteiger partial charge in [0.15, 0.2) is 0 Å². The summed E-state index contributed by atoms with van der Waals surface area (Å²) in [4.78, 5) is 0. The van der Waals surface area contributed by atoms with Gasteiger partial charge in [-0.05, 0) is 0 Å². The van der Waals surface area contributed by atoms with E-state index in [0.717, 1.165) is 0 Å². The molecule has 0 fully saturated rings. The van der Waals surface area contributed by atoms with Crippen molar-refractivity contribution in [1.29, 1.82) is 0 Å². The third-order valence-corrected chi connectivity index (χ3v) is 0. The molecule has 0 unspecified atom stereocenters. The molecule has 0 radical (unpaired) electrons. The molecule has 4 heavy (non-hydrogen) atoms. The van der Waals surface area contributed by atoms with Crippen molar-refractivity contribution in [2.45, 2.75) is 0 Å². The maximum atomic E-state index is 0. The largest absolute Gasteiger partial charge is 0.269 e. The summed E-state index contributed by atoms with van der Waals surface area (Å²) in [6.07, 6.45) is 0. The molecule has 0 aromatic carbocycles. The van der Waals surface area contributed by atoms with E-state index in [1.807, 2.05) is 0 Å². The summed E-state index contributed by atoms with van der Waals surface area (Å²) in [7, 11) is 0. The van der Waals surface area contributed by atoms with E-state index in [0.29, 0.717) is 0 Å². The topological polar surface area (TPSA) is 0 Å². The Balaban J connectivity index is 0. The molecule has 0 bridgehead atoms. The molecule has 0 amide bonds. The molecule has 0 nitrogen and oxygen atoms in total. The van der Waals surface area contributed by atoms with E-state index in [-0.39, 0.29) is 57.3 Å². The maximum absolute atomic E-state index is 0. The first-order valence-electron chi connectivity index (χ1n) is 0. The van der Waals surface area contributed by atoms with Gasteiger partial charge in [0.05, 0.1) is 0 Å². The van der Waals surface area contributed by atoms with Crippen LogP contribution in [0.3, 0.4) is 0 Å². The fourth-order valence-corrected chi connectivity index (χ4v) is 0. The third kappa shape index (κ3) is 9.83. The van der Waals surface area contributed by atoms with Gasteiger partial charge < -0.3 is 0 Å². The van der Waals surface area contributed by atoms with Crippen LogP contribution >= 0.6 is 0 Å². The van der Waals surface area contributed by atoms with Crippen LogP contribution in [-0.4, -0.2) is 0 Å². The molecule has 0 atom stereocenters. The van der Waals surface area contributed by atoms with Crippen LogP contribution in [0.2, 0.25) is 0 Å². The zero-order valence-corrected chi connectivity index (χ0v) is 5.84. The molecule has 4 heteroatoms. The van der Waals surface area contributed by atoms with Crippen molar-refractivity contribution in [2.75, 3.05) is 0 Å². The van der Waals surface area contributed by atoms with Crippen LogP contribution in [-0.2, 0) is 47.9 Å². The van der Waals surface area contributed by atoms with Crippen molar-refractivity contribution in [3.8, 4) is 0 Å². The van der Waals surface area contributed by atoms with E-state index in [1.165, 1.54) is 0 Å². The Kier molecular flexibility index (Phi) is 320. The number of hydrogen-bond donors (Lipinski definition) is 0. The average Bonchev–Trinajstić information content (AvgIpc) is 0. The van der Waals surface area contributed by atoms with Crippen LogP contribution in [0.1, 0.15) is 0 Å². The predicted molar refractivity (Wildman–Crippen MR) is 5.01 cm³/mol. The summed E-state index contributed by atoms with van der Waals surface area (Å²) in [5.41, 5.74) is 0. The zero-order chi connectivity index (χ0) is 0. The first-order chi connectivity index (χ1) is 0. The number of rotatable bonds is 0. The van der Waals surface area contributed by atoms with Gasteiger partial charge in [0, 0.05) is 47.9 Å². The van der Waals surface area contributed by atoms with E-state index < -0.39 is 0 Å². The molecule has 0 N–H and O–H groups in total. The first-order valence-corrected chi connectivity index (χ1v) is 0. The van der Waals surface area contributed by atoms with Crippen LogP contribution in [0, 0.1) is 0 Å². The Morgan fingerprint density at radius 2 is 0.750 bits per heavy atom. The van der Waals surface area contributed by atoms with Crippen molar-refractivity contribution in [3.05, 3.63) is 0 Å². The molecule has 0 aromatic rings. The van der Waals surface area contributed by atoms with Crippen LogP contribution < -0.4 is 0 Å². The van der Waals surface area contributed by atoms with E-state index in [2.05, 4.69) is 0 Å². The quantitative estimate of drug-likeness (QED) is 0.469. The summed E-state index contributed by atoms with van der Waals surface area (Å²) in [6, 6.07) is 0. The molecule has 0 aliphatic rings. The van der Waals surface area contributed by atoms with Crippen molar-refractivity contribution < 1.29 is 57.3 Å². The second-order valence-electron chi connectivity index (χ2n) is 0. The van der Waals surface area contributed by atoms with Crippen molar-refractivity contribution >= 4 is 0 Å². The molecule has 0 aromatic heterocycles. The van der Waals surface area contributed by atoms with Gasteiger partial charge in [-0.3, -0.25) is 9.41 Å². The molecular formula is H2F2TiZr. The number of hydrogen-bond acceptors (Lipinski definition) is 0. The third-order valence-electron chi connectivity index (χ3n) is 0. The summed E-state index contributed by atoms with van der Waals surface area (Å²) in [5.74, 6) is 0. The molecule has 0 aliphatic heterocycles. The minimum atomic E-state index is 0. The van der Waals surface area contributed by atoms with Gasteiger partial charge in [-0.25, -0.2) is 0 Å². The average molecular weight is 179 g/mol. The Labute approximate surface area is 57.1 Å². The maximum Gasteiger partial charge on any atom is 0 e. The molecule has 0 saturated carbocycles. The van der Waals surface area contributed by atoms with E-state index in [4.69, 9.17) is 0 Å². The molecule has 0 rings (SSSR count). The Hall–Kier alpha value is 1.46. The Morgan fingerprint density at radius 1 is 0.750 bits per heavy atom. The van der Waals surface area contributed by atoms with Crippen LogP contribution in [0.15, 0.2) is 0 Å². The number of halogens is 2. The van der Waals surface area contributed by atoms with Gasteiger partial charge in [0.1, 0.15) is 0 Å². The fraction of sp³-hybridized carbons (Fsp3) is 0. The van der Waals surface area contributed by atoms with Crippen molar-refractivity contribution in [2.24, 2.45) is 0 Å². The van der Waals surface area contributed by atoms with Gasteiger partial charge in [-0.15, -0.1) is 0 Å². The van der Waals surface area contributed by atoms with E-state index in [9.17, 15) is 0 Å². The standard InChI is InChI=1S/2FH.Ti.Zr/h2*1H;;. The van der Waals surface area contributed by atoms with Crippen LogP contribution in [0.5, 0.6) is 0 Å². The smallest absolute Gasteiger partial charge is 0 e. The van der Waals surface area contributed by atoms with Crippen LogP contribution in [0.25, 0.3) is 0 Å². The van der Waals surface area contributed by atoms with Crippen molar-refractivity contribution in [1.82, 2.24) is 0 Å². The second-order valence-corrected chi connectivity index (χ2v) is 0. The van der Waals surface area contributed by atoms with E-state index >= 15 is 0 Å².